The first-order chi connectivity index (χ1) is 24.8. The molecule has 51 heavy (non-hydrogen) atoms. The molecular formula is C48H104OP2. The third-order valence-corrected chi connectivity index (χ3v) is 31.8. The second kappa shape index (κ2) is 31.0. The van der Waals surface area contributed by atoms with Gasteiger partial charge in [0.2, 0.25) is 0 Å². The summed E-state index contributed by atoms with van der Waals surface area (Å²) in [6.07, 6.45) is 52.2. The van der Waals surface area contributed by atoms with E-state index in [4.69, 9.17) is 4.74 Å². The Morgan fingerprint density at radius 2 is 0.569 bits per heavy atom. The fraction of sp³-hybridized carbons (Fsp3) is 1.00. The van der Waals surface area contributed by atoms with E-state index in [0.717, 1.165) is 17.9 Å². The Labute approximate surface area is 326 Å². The molecule has 0 aliphatic heterocycles. The average molecular weight is 759 g/mol. The van der Waals surface area contributed by atoms with Crippen LogP contribution in [-0.4, -0.2) is 74.3 Å². The first-order valence-corrected chi connectivity index (χ1v) is 30.3. The fourth-order valence-electron chi connectivity index (χ4n) is 11.2. The van der Waals surface area contributed by atoms with Crippen molar-refractivity contribution >= 4 is 13.2 Å². The number of hydrogen-bond donors (Lipinski definition) is 0. The second-order valence-corrected chi connectivity index (χ2v) is 31.7. The topological polar surface area (TPSA) is 9.23 Å². The zero-order chi connectivity index (χ0) is 38.2. The molecule has 0 fully saturated rings. The second-order valence-electron chi connectivity index (χ2n) is 18.3. The van der Waals surface area contributed by atoms with Crippen LogP contribution in [0.4, 0.5) is 0 Å². The van der Waals surface area contributed by atoms with Gasteiger partial charge in [0.25, 0.3) is 0 Å². The number of ether oxygens (including phenoxy) is 1. The van der Waals surface area contributed by atoms with Crippen LogP contribution >= 0.6 is 13.2 Å². The fourth-order valence-corrected chi connectivity index (χ4v) is 29.8. The molecule has 0 spiro atoms. The SMILES string of the molecule is CCCCCCCCCC(CC(CCCOC)P(CCCC)(CCCC)(CCCC)CCCC)P(CCCC)(CCCC)(CCCC)CCCC. The standard InChI is InChI=1S/C48H104OP2/c1-11-20-29-30-31-32-33-35-47(50(38-21-12-2,39-22-13-3,40-23-14-4)41-24-15-5)46-48(36-34-37-49-10)51(42-25-16-6,43-26-17-7,44-27-18-8)45-28-19-9/h47-48H,11-46H2,1-10H3. The molecule has 0 aromatic rings. The van der Waals surface area contributed by atoms with Crippen LogP contribution in [0, 0.1) is 0 Å². The van der Waals surface area contributed by atoms with Gasteiger partial charge >= 0.3 is 328 Å². The van der Waals surface area contributed by atoms with Crippen molar-refractivity contribution in [2.75, 3.05) is 63.0 Å². The van der Waals surface area contributed by atoms with Gasteiger partial charge in [0.05, 0.1) is 0 Å². The molecule has 0 amide bonds. The van der Waals surface area contributed by atoms with Crippen LogP contribution in [0.15, 0.2) is 0 Å². The van der Waals surface area contributed by atoms with E-state index >= 15 is 0 Å². The number of methoxy groups -OCH3 is 1. The van der Waals surface area contributed by atoms with E-state index in [2.05, 4.69) is 62.3 Å². The Hall–Kier alpha value is 0.820. The normalized spacial score (nSPS) is 15.3. The summed E-state index contributed by atoms with van der Waals surface area (Å²) >= 11 is 0. The van der Waals surface area contributed by atoms with Crippen LogP contribution in [0.2, 0.25) is 0 Å². The van der Waals surface area contributed by atoms with Crippen LogP contribution in [-0.2, 0) is 4.74 Å². The van der Waals surface area contributed by atoms with Gasteiger partial charge in [-0.15, -0.1) is 0 Å². The molecule has 0 saturated heterocycles. The van der Waals surface area contributed by atoms with Crippen molar-refractivity contribution in [1.82, 2.24) is 0 Å². The van der Waals surface area contributed by atoms with E-state index in [9.17, 15) is 0 Å². The number of unbranched alkanes of at least 4 members (excludes halogenated alkanes) is 14. The summed E-state index contributed by atoms with van der Waals surface area (Å²) in [5.74, 6) is 0. The molecule has 0 radical (unpaired) electrons. The van der Waals surface area contributed by atoms with Crippen LogP contribution in [0.1, 0.15) is 236 Å². The molecule has 0 aliphatic carbocycles. The molecule has 3 heteroatoms. The van der Waals surface area contributed by atoms with Crippen molar-refractivity contribution < 1.29 is 4.74 Å². The maximum atomic E-state index is 5.91. The summed E-state index contributed by atoms with van der Waals surface area (Å²) in [5.41, 5.74) is 1.99. The molecule has 0 aliphatic rings. The molecule has 2 atom stereocenters. The van der Waals surface area contributed by atoms with Crippen LogP contribution in [0.3, 0.4) is 0 Å². The van der Waals surface area contributed by atoms with Gasteiger partial charge in [-0.2, -0.15) is 0 Å². The van der Waals surface area contributed by atoms with E-state index in [1.54, 1.807) is 62.1 Å². The predicted molar refractivity (Wildman–Crippen MR) is 248 cm³/mol. The minimum absolute atomic E-state index is 0.968. The third kappa shape index (κ3) is 17.7. The summed E-state index contributed by atoms with van der Waals surface area (Å²) < 4.78 is 5.91. The van der Waals surface area contributed by atoms with Gasteiger partial charge in [0.15, 0.2) is 0 Å². The Bertz CT molecular complexity index is 677. The summed E-state index contributed by atoms with van der Waals surface area (Å²) in [6.45, 7) is 19.4. The van der Waals surface area contributed by atoms with Crippen molar-refractivity contribution in [2.45, 2.75) is 247 Å². The van der Waals surface area contributed by atoms with Crippen molar-refractivity contribution in [2.24, 2.45) is 0 Å². The van der Waals surface area contributed by atoms with Gasteiger partial charge in [0, 0.05) is 0 Å². The zero-order valence-electron chi connectivity index (χ0n) is 37.9. The average Bonchev–Trinajstić information content (AvgIpc) is 3.16. The monoisotopic (exact) mass is 759 g/mol. The summed E-state index contributed by atoms with van der Waals surface area (Å²) in [5, 5.41) is 0. The molecule has 0 saturated carbocycles. The summed E-state index contributed by atoms with van der Waals surface area (Å²) in [4.78, 5) is 0. The van der Waals surface area contributed by atoms with E-state index < -0.39 is 13.2 Å². The molecule has 0 aromatic carbocycles. The first kappa shape index (κ1) is 51.8. The Kier molecular flexibility index (Phi) is 31.5. The van der Waals surface area contributed by atoms with E-state index in [1.165, 1.54) is 161 Å². The molecule has 1 nitrogen and oxygen atoms in total. The van der Waals surface area contributed by atoms with Gasteiger partial charge in [-0.1, -0.05) is 0 Å². The molecule has 0 bridgehead atoms. The number of hydrogen-bond acceptors (Lipinski definition) is 1. The Balaban J connectivity index is 7.85. The molecule has 0 heterocycles. The van der Waals surface area contributed by atoms with Gasteiger partial charge in [-0.25, -0.2) is 0 Å². The summed E-state index contributed by atoms with van der Waals surface area (Å²) in [7, 11) is 1.97. The van der Waals surface area contributed by atoms with Crippen LogP contribution in [0.25, 0.3) is 0 Å². The van der Waals surface area contributed by atoms with E-state index in [1.807, 2.05) is 7.11 Å². The Morgan fingerprint density at radius 1 is 0.314 bits per heavy atom. The van der Waals surface area contributed by atoms with Crippen molar-refractivity contribution in [3.8, 4) is 0 Å². The molecular weight excluding hydrogens is 654 g/mol. The van der Waals surface area contributed by atoms with Gasteiger partial charge < -0.3 is 0 Å². The third-order valence-electron chi connectivity index (χ3n) is 14.6. The minimum atomic E-state index is -2.04. The van der Waals surface area contributed by atoms with Crippen molar-refractivity contribution in [3.63, 3.8) is 0 Å². The molecule has 0 N–H and O–H groups in total. The van der Waals surface area contributed by atoms with Gasteiger partial charge in [-0.3, -0.25) is 0 Å². The Morgan fingerprint density at radius 3 is 0.843 bits per heavy atom. The van der Waals surface area contributed by atoms with Crippen molar-refractivity contribution in [3.05, 3.63) is 0 Å². The quantitative estimate of drug-likeness (QED) is 0.0447. The van der Waals surface area contributed by atoms with Gasteiger partial charge in [0.1, 0.15) is 0 Å². The molecule has 2 unspecified atom stereocenters. The van der Waals surface area contributed by atoms with Crippen molar-refractivity contribution in [1.29, 1.82) is 0 Å². The first-order valence-electron chi connectivity index (χ1n) is 24.2. The van der Waals surface area contributed by atoms with Crippen LogP contribution < -0.4 is 0 Å². The van der Waals surface area contributed by atoms with Crippen LogP contribution in [0.5, 0.6) is 0 Å². The van der Waals surface area contributed by atoms with E-state index in [0.29, 0.717) is 0 Å². The molecule has 0 aromatic heterocycles. The predicted octanol–water partition coefficient (Wildman–Crippen LogP) is 17.2. The maximum absolute atomic E-state index is 5.91. The molecule has 0 rings (SSSR count). The summed E-state index contributed by atoms with van der Waals surface area (Å²) in [6, 6.07) is 0. The van der Waals surface area contributed by atoms with Gasteiger partial charge in [-0.05, 0) is 0 Å². The molecule has 312 valence electrons. The zero-order valence-corrected chi connectivity index (χ0v) is 39.7. The number of rotatable bonds is 40. The van der Waals surface area contributed by atoms with E-state index in [-0.39, 0.29) is 0 Å².